The lowest BCUT2D eigenvalue weighted by Crippen LogP contribution is -2.34. The number of amides is 2. The van der Waals surface area contributed by atoms with E-state index >= 15 is 0 Å². The van der Waals surface area contributed by atoms with E-state index in [1.807, 2.05) is 24.3 Å². The molecular formula is C20H30N4O2. The molecule has 0 saturated carbocycles. The van der Waals surface area contributed by atoms with E-state index in [4.69, 9.17) is 0 Å². The second-order valence-electron chi connectivity index (χ2n) is 7.33. The number of rotatable bonds is 5. The summed E-state index contributed by atoms with van der Waals surface area (Å²) in [4.78, 5) is 26.7. The first-order valence-electron chi connectivity index (χ1n) is 9.84. The van der Waals surface area contributed by atoms with Crippen LogP contribution in [0.2, 0.25) is 0 Å². The third kappa shape index (κ3) is 5.81. The fourth-order valence-corrected chi connectivity index (χ4v) is 3.66. The van der Waals surface area contributed by atoms with Gasteiger partial charge < -0.3 is 16.0 Å². The molecule has 2 aliphatic rings. The lowest BCUT2D eigenvalue weighted by Gasteiger charge is -2.21. The minimum absolute atomic E-state index is 0.0263. The minimum atomic E-state index is 0.0263. The van der Waals surface area contributed by atoms with Crippen LogP contribution in [-0.4, -0.2) is 49.4 Å². The molecule has 0 radical (unpaired) electrons. The third-order valence-electron chi connectivity index (χ3n) is 5.21. The Kier molecular flexibility index (Phi) is 7.03. The molecule has 0 unspecified atom stereocenters. The Morgan fingerprint density at radius 1 is 0.923 bits per heavy atom. The zero-order valence-corrected chi connectivity index (χ0v) is 15.4. The Balaban J connectivity index is 1.46. The van der Waals surface area contributed by atoms with Crippen molar-refractivity contribution in [2.24, 2.45) is 5.92 Å². The van der Waals surface area contributed by atoms with Crippen LogP contribution in [0.4, 0.5) is 11.4 Å². The number of benzene rings is 1. The van der Waals surface area contributed by atoms with E-state index in [1.54, 1.807) is 0 Å². The number of likely N-dealkylation sites (tertiary alicyclic amines) is 1. The largest absolute Gasteiger partial charge is 0.326 e. The summed E-state index contributed by atoms with van der Waals surface area (Å²) in [6, 6.07) is 7.39. The Bertz CT molecular complexity index is 588. The van der Waals surface area contributed by atoms with Gasteiger partial charge in [-0.05, 0) is 76.1 Å². The smallest absolute Gasteiger partial charge is 0.238 e. The molecule has 3 N–H and O–H groups in total. The van der Waals surface area contributed by atoms with Crippen LogP contribution in [0.3, 0.4) is 0 Å². The fraction of sp³-hybridized carbons (Fsp3) is 0.600. The summed E-state index contributed by atoms with van der Waals surface area (Å²) in [5.74, 6) is 0.201. The second-order valence-corrected chi connectivity index (χ2v) is 7.33. The van der Waals surface area contributed by atoms with E-state index in [0.717, 1.165) is 50.4 Å². The maximum atomic E-state index is 12.3. The molecule has 2 amide bonds. The first-order chi connectivity index (χ1) is 12.7. The van der Waals surface area contributed by atoms with Crippen molar-refractivity contribution in [1.29, 1.82) is 0 Å². The Morgan fingerprint density at radius 3 is 2.12 bits per heavy atom. The third-order valence-corrected chi connectivity index (χ3v) is 5.21. The van der Waals surface area contributed by atoms with Gasteiger partial charge in [0.25, 0.3) is 0 Å². The molecule has 3 rings (SSSR count). The van der Waals surface area contributed by atoms with Gasteiger partial charge in [0.1, 0.15) is 0 Å². The highest BCUT2D eigenvalue weighted by Gasteiger charge is 2.20. The van der Waals surface area contributed by atoms with Crippen LogP contribution in [0, 0.1) is 5.92 Å². The number of hydrogen-bond acceptors (Lipinski definition) is 4. The van der Waals surface area contributed by atoms with Gasteiger partial charge >= 0.3 is 0 Å². The summed E-state index contributed by atoms with van der Waals surface area (Å²) < 4.78 is 0. The summed E-state index contributed by atoms with van der Waals surface area (Å²) >= 11 is 0. The molecule has 2 fully saturated rings. The van der Waals surface area contributed by atoms with Gasteiger partial charge in [0.15, 0.2) is 0 Å². The molecule has 2 saturated heterocycles. The van der Waals surface area contributed by atoms with Crippen LogP contribution in [0.1, 0.15) is 38.5 Å². The molecule has 142 valence electrons. The molecule has 2 heterocycles. The van der Waals surface area contributed by atoms with Crippen molar-refractivity contribution in [3.63, 3.8) is 0 Å². The topological polar surface area (TPSA) is 73.5 Å². The summed E-state index contributed by atoms with van der Waals surface area (Å²) in [6.45, 7) is 4.28. The normalized spacial score (nSPS) is 19.5. The number of hydrogen-bond donors (Lipinski definition) is 3. The number of anilines is 2. The highest BCUT2D eigenvalue weighted by molar-refractivity contribution is 5.94. The predicted octanol–water partition coefficient (Wildman–Crippen LogP) is 2.44. The molecule has 2 aliphatic heterocycles. The molecule has 1 aromatic carbocycles. The van der Waals surface area contributed by atoms with Gasteiger partial charge in [-0.3, -0.25) is 14.5 Å². The zero-order valence-electron chi connectivity index (χ0n) is 15.4. The lowest BCUT2D eigenvalue weighted by atomic mass is 9.97. The molecule has 26 heavy (non-hydrogen) atoms. The SMILES string of the molecule is O=C(CN1CCCCCC1)Nc1ccc(NC(=O)C2CCNCC2)cc1. The predicted molar refractivity (Wildman–Crippen MR) is 104 cm³/mol. The van der Waals surface area contributed by atoms with E-state index in [2.05, 4.69) is 20.9 Å². The van der Waals surface area contributed by atoms with Gasteiger partial charge in [0.05, 0.1) is 6.54 Å². The van der Waals surface area contributed by atoms with Crippen molar-refractivity contribution in [3.8, 4) is 0 Å². The quantitative estimate of drug-likeness (QED) is 0.756. The Hall–Kier alpha value is -1.92. The molecule has 6 nitrogen and oxygen atoms in total. The van der Waals surface area contributed by atoms with Crippen molar-refractivity contribution in [3.05, 3.63) is 24.3 Å². The van der Waals surface area contributed by atoms with E-state index in [9.17, 15) is 9.59 Å². The van der Waals surface area contributed by atoms with Gasteiger partial charge in [-0.1, -0.05) is 12.8 Å². The van der Waals surface area contributed by atoms with Crippen LogP contribution in [0.5, 0.6) is 0 Å². The van der Waals surface area contributed by atoms with Crippen molar-refractivity contribution >= 4 is 23.2 Å². The van der Waals surface area contributed by atoms with E-state index in [-0.39, 0.29) is 17.7 Å². The summed E-state index contributed by atoms with van der Waals surface area (Å²) in [6.07, 6.45) is 6.66. The first-order valence-corrected chi connectivity index (χ1v) is 9.84. The summed E-state index contributed by atoms with van der Waals surface area (Å²) in [7, 11) is 0. The van der Waals surface area contributed by atoms with Gasteiger partial charge in [-0.25, -0.2) is 0 Å². The van der Waals surface area contributed by atoms with Crippen LogP contribution in [-0.2, 0) is 9.59 Å². The molecule has 0 aromatic heterocycles. The highest BCUT2D eigenvalue weighted by Crippen LogP contribution is 2.18. The van der Waals surface area contributed by atoms with Crippen molar-refractivity contribution in [1.82, 2.24) is 10.2 Å². The van der Waals surface area contributed by atoms with Crippen LogP contribution >= 0.6 is 0 Å². The number of nitrogens with one attached hydrogen (secondary N) is 3. The monoisotopic (exact) mass is 358 g/mol. The van der Waals surface area contributed by atoms with Crippen molar-refractivity contribution < 1.29 is 9.59 Å². The average molecular weight is 358 g/mol. The lowest BCUT2D eigenvalue weighted by molar-refractivity contribution is -0.120. The van der Waals surface area contributed by atoms with Crippen LogP contribution in [0.15, 0.2) is 24.3 Å². The Morgan fingerprint density at radius 2 is 1.50 bits per heavy atom. The first kappa shape index (κ1) is 18.9. The molecule has 0 spiro atoms. The number of carbonyl (C=O) groups excluding carboxylic acids is 2. The molecule has 6 heteroatoms. The van der Waals surface area contributed by atoms with Gasteiger partial charge in [-0.15, -0.1) is 0 Å². The number of carbonyl (C=O) groups is 2. The van der Waals surface area contributed by atoms with Gasteiger partial charge in [0.2, 0.25) is 11.8 Å². The number of nitrogens with zero attached hydrogens (tertiary/aromatic N) is 1. The maximum Gasteiger partial charge on any atom is 0.238 e. The van der Waals surface area contributed by atoms with Crippen LogP contribution < -0.4 is 16.0 Å². The fourth-order valence-electron chi connectivity index (χ4n) is 3.66. The van der Waals surface area contributed by atoms with E-state index < -0.39 is 0 Å². The Labute approximate surface area is 155 Å². The maximum absolute atomic E-state index is 12.3. The second kappa shape index (κ2) is 9.69. The standard InChI is InChI=1S/C20H30N4O2/c25-19(15-24-13-3-1-2-4-14-24)22-17-5-7-18(8-6-17)23-20(26)16-9-11-21-12-10-16/h5-8,16,21H,1-4,9-15H2,(H,22,25)(H,23,26). The molecule has 0 aliphatic carbocycles. The minimum Gasteiger partial charge on any atom is -0.326 e. The van der Waals surface area contributed by atoms with Gasteiger partial charge in [0, 0.05) is 17.3 Å². The van der Waals surface area contributed by atoms with Crippen LogP contribution in [0.25, 0.3) is 0 Å². The van der Waals surface area contributed by atoms with Gasteiger partial charge in [-0.2, -0.15) is 0 Å². The molecule has 1 aromatic rings. The van der Waals surface area contributed by atoms with E-state index in [0.29, 0.717) is 6.54 Å². The summed E-state index contributed by atoms with van der Waals surface area (Å²) in [5, 5.41) is 9.20. The molecular weight excluding hydrogens is 328 g/mol. The molecule has 0 atom stereocenters. The number of piperidine rings is 1. The summed E-state index contributed by atoms with van der Waals surface area (Å²) in [5.41, 5.74) is 1.55. The van der Waals surface area contributed by atoms with E-state index in [1.165, 1.54) is 25.7 Å². The van der Waals surface area contributed by atoms with Crippen molar-refractivity contribution in [2.45, 2.75) is 38.5 Å². The molecule has 0 bridgehead atoms. The zero-order chi connectivity index (χ0) is 18.2. The average Bonchev–Trinajstić information content (AvgIpc) is 2.92. The highest BCUT2D eigenvalue weighted by atomic mass is 16.2. The van der Waals surface area contributed by atoms with Crippen molar-refractivity contribution in [2.75, 3.05) is 43.4 Å².